The molecule has 0 radical (unpaired) electrons. The van der Waals surface area contributed by atoms with Crippen LogP contribution in [0.3, 0.4) is 0 Å². The quantitative estimate of drug-likeness (QED) is 0.879. The summed E-state index contributed by atoms with van der Waals surface area (Å²) in [5, 5.41) is 0. The highest BCUT2D eigenvalue weighted by atomic mass is 19.1. The van der Waals surface area contributed by atoms with Crippen molar-refractivity contribution < 1.29 is 9.13 Å². The molecule has 1 aromatic heterocycles. The maximum Gasteiger partial charge on any atom is 0.148 e. The van der Waals surface area contributed by atoms with Crippen LogP contribution in [0, 0.1) is 5.82 Å². The van der Waals surface area contributed by atoms with Crippen LogP contribution in [0.1, 0.15) is 6.42 Å². The Kier molecular flexibility index (Phi) is 3.55. The van der Waals surface area contributed by atoms with Crippen LogP contribution >= 0.6 is 0 Å². The standard InChI is InChI=1S/C15H19FN4O/c1-19-6-4-18-15(19)10-7-12(16)14(17)13(8-10)20-5-3-11(9-20)21-2/h4,6-8,11H,3,5,9,17H2,1-2H3/t11-/m1/s1. The molecule has 0 spiro atoms. The molecule has 0 unspecified atom stereocenters. The Morgan fingerprint density at radius 1 is 1.43 bits per heavy atom. The molecule has 0 saturated carbocycles. The van der Waals surface area contributed by atoms with E-state index < -0.39 is 5.82 Å². The predicted octanol–water partition coefficient (Wildman–Crippen LogP) is 2.03. The fraction of sp³-hybridized carbons (Fsp3) is 0.400. The second-order valence-electron chi connectivity index (χ2n) is 5.35. The molecule has 1 atom stereocenters. The van der Waals surface area contributed by atoms with Gasteiger partial charge in [-0.3, -0.25) is 0 Å². The molecule has 5 nitrogen and oxygen atoms in total. The molecule has 6 heteroatoms. The molecular formula is C15H19FN4O. The Morgan fingerprint density at radius 3 is 2.86 bits per heavy atom. The predicted molar refractivity (Wildman–Crippen MR) is 80.6 cm³/mol. The van der Waals surface area contributed by atoms with Gasteiger partial charge in [-0.05, 0) is 18.6 Å². The van der Waals surface area contributed by atoms with E-state index in [4.69, 9.17) is 10.5 Å². The zero-order chi connectivity index (χ0) is 15.0. The highest BCUT2D eigenvalue weighted by Gasteiger charge is 2.25. The van der Waals surface area contributed by atoms with Gasteiger partial charge in [0.05, 0.1) is 17.5 Å². The van der Waals surface area contributed by atoms with Gasteiger partial charge in [-0.25, -0.2) is 9.37 Å². The fourth-order valence-electron chi connectivity index (χ4n) is 2.78. The summed E-state index contributed by atoms with van der Waals surface area (Å²) in [5.41, 5.74) is 7.55. The second kappa shape index (κ2) is 5.37. The Balaban J connectivity index is 2.01. The summed E-state index contributed by atoms with van der Waals surface area (Å²) < 4.78 is 21.4. The van der Waals surface area contributed by atoms with Crippen LogP contribution < -0.4 is 10.6 Å². The molecule has 0 bridgehead atoms. The molecule has 3 rings (SSSR count). The van der Waals surface area contributed by atoms with E-state index in [9.17, 15) is 4.39 Å². The molecule has 112 valence electrons. The molecule has 1 aliphatic rings. The highest BCUT2D eigenvalue weighted by Crippen LogP contribution is 2.34. The van der Waals surface area contributed by atoms with Crippen molar-refractivity contribution in [3.05, 3.63) is 30.3 Å². The first-order chi connectivity index (χ1) is 10.1. The Bertz CT molecular complexity index is 655. The summed E-state index contributed by atoms with van der Waals surface area (Å²) in [7, 11) is 3.58. The van der Waals surface area contributed by atoms with Gasteiger partial charge >= 0.3 is 0 Å². The number of hydrogen-bond acceptors (Lipinski definition) is 4. The van der Waals surface area contributed by atoms with E-state index in [1.165, 1.54) is 6.07 Å². The molecule has 0 amide bonds. The molecule has 2 heterocycles. The molecule has 1 fully saturated rings. The number of aryl methyl sites for hydroxylation is 1. The fourth-order valence-corrected chi connectivity index (χ4v) is 2.78. The number of hydrogen-bond donors (Lipinski definition) is 1. The number of ether oxygens (including phenoxy) is 1. The first-order valence-electron chi connectivity index (χ1n) is 6.94. The lowest BCUT2D eigenvalue weighted by molar-refractivity contribution is 0.121. The lowest BCUT2D eigenvalue weighted by Gasteiger charge is -2.21. The summed E-state index contributed by atoms with van der Waals surface area (Å²) >= 11 is 0. The van der Waals surface area contributed by atoms with Crippen molar-refractivity contribution in [2.45, 2.75) is 12.5 Å². The van der Waals surface area contributed by atoms with Crippen molar-refractivity contribution in [3.63, 3.8) is 0 Å². The number of anilines is 2. The normalized spacial score (nSPS) is 18.4. The summed E-state index contributed by atoms with van der Waals surface area (Å²) in [4.78, 5) is 6.34. The molecule has 0 aliphatic carbocycles. The lowest BCUT2D eigenvalue weighted by atomic mass is 10.1. The van der Waals surface area contributed by atoms with E-state index in [1.54, 1.807) is 13.3 Å². The lowest BCUT2D eigenvalue weighted by Crippen LogP contribution is -2.23. The highest BCUT2D eigenvalue weighted by molar-refractivity contribution is 5.75. The molecule has 2 aromatic rings. The van der Waals surface area contributed by atoms with Crippen LogP contribution in [0.2, 0.25) is 0 Å². The molecule has 21 heavy (non-hydrogen) atoms. The third-order valence-corrected chi connectivity index (χ3v) is 4.01. The minimum absolute atomic E-state index is 0.171. The van der Waals surface area contributed by atoms with Gasteiger partial charge in [0.25, 0.3) is 0 Å². The number of benzene rings is 1. The van der Waals surface area contributed by atoms with Gasteiger partial charge in [0, 0.05) is 45.2 Å². The van der Waals surface area contributed by atoms with Crippen LogP contribution in [0.25, 0.3) is 11.4 Å². The van der Waals surface area contributed by atoms with Crippen molar-refractivity contribution in [2.24, 2.45) is 7.05 Å². The van der Waals surface area contributed by atoms with Crippen molar-refractivity contribution in [1.29, 1.82) is 0 Å². The zero-order valence-corrected chi connectivity index (χ0v) is 12.2. The topological polar surface area (TPSA) is 56.3 Å². The number of halogens is 1. The zero-order valence-electron chi connectivity index (χ0n) is 12.2. The molecular weight excluding hydrogens is 271 g/mol. The van der Waals surface area contributed by atoms with Crippen LogP contribution in [0.5, 0.6) is 0 Å². The first-order valence-corrected chi connectivity index (χ1v) is 6.94. The van der Waals surface area contributed by atoms with Gasteiger partial charge in [0.2, 0.25) is 0 Å². The van der Waals surface area contributed by atoms with Crippen molar-refractivity contribution >= 4 is 11.4 Å². The van der Waals surface area contributed by atoms with Crippen molar-refractivity contribution in [1.82, 2.24) is 9.55 Å². The van der Waals surface area contributed by atoms with E-state index in [0.29, 0.717) is 5.69 Å². The Hall–Kier alpha value is -2.08. The average Bonchev–Trinajstić information content (AvgIpc) is 3.10. The Morgan fingerprint density at radius 2 is 2.24 bits per heavy atom. The van der Waals surface area contributed by atoms with E-state index in [1.807, 2.05) is 23.9 Å². The van der Waals surface area contributed by atoms with Gasteiger partial charge < -0.3 is 19.9 Å². The number of methoxy groups -OCH3 is 1. The van der Waals surface area contributed by atoms with Crippen LogP contribution in [-0.4, -0.2) is 35.9 Å². The third kappa shape index (κ3) is 2.47. The summed E-state index contributed by atoms with van der Waals surface area (Å²) in [6.45, 7) is 1.54. The summed E-state index contributed by atoms with van der Waals surface area (Å²) in [6, 6.07) is 3.34. The largest absolute Gasteiger partial charge is 0.395 e. The van der Waals surface area contributed by atoms with Gasteiger partial charge in [-0.2, -0.15) is 0 Å². The van der Waals surface area contributed by atoms with Gasteiger partial charge in [0.15, 0.2) is 0 Å². The number of aromatic nitrogens is 2. The van der Waals surface area contributed by atoms with Crippen LogP contribution in [0.4, 0.5) is 15.8 Å². The monoisotopic (exact) mass is 290 g/mol. The smallest absolute Gasteiger partial charge is 0.148 e. The maximum atomic E-state index is 14.2. The first kappa shape index (κ1) is 13.9. The number of rotatable bonds is 3. The van der Waals surface area contributed by atoms with Gasteiger partial charge in [-0.15, -0.1) is 0 Å². The third-order valence-electron chi connectivity index (χ3n) is 4.01. The SMILES string of the molecule is CO[C@@H]1CCN(c2cc(-c3nccn3C)cc(F)c2N)C1. The van der Waals surface area contributed by atoms with Crippen LogP contribution in [0.15, 0.2) is 24.5 Å². The Labute approximate surface area is 123 Å². The maximum absolute atomic E-state index is 14.2. The number of nitrogen functional groups attached to an aromatic ring is 1. The van der Waals surface area contributed by atoms with E-state index >= 15 is 0 Å². The molecule has 1 saturated heterocycles. The van der Waals surface area contributed by atoms with E-state index in [0.717, 1.165) is 30.9 Å². The second-order valence-corrected chi connectivity index (χ2v) is 5.35. The number of nitrogens with zero attached hydrogens (tertiary/aromatic N) is 3. The number of nitrogens with two attached hydrogens (primary N) is 1. The van der Waals surface area contributed by atoms with Gasteiger partial charge in [-0.1, -0.05) is 0 Å². The minimum atomic E-state index is -0.411. The molecule has 1 aromatic carbocycles. The molecule has 2 N–H and O–H groups in total. The van der Waals surface area contributed by atoms with E-state index in [-0.39, 0.29) is 11.8 Å². The van der Waals surface area contributed by atoms with Crippen molar-refractivity contribution in [3.8, 4) is 11.4 Å². The van der Waals surface area contributed by atoms with Gasteiger partial charge in [0.1, 0.15) is 11.6 Å². The summed E-state index contributed by atoms with van der Waals surface area (Å²) in [6.07, 6.45) is 4.62. The van der Waals surface area contributed by atoms with E-state index in [2.05, 4.69) is 9.88 Å². The van der Waals surface area contributed by atoms with Crippen molar-refractivity contribution in [2.75, 3.05) is 30.8 Å². The molecule has 1 aliphatic heterocycles. The minimum Gasteiger partial charge on any atom is -0.395 e. The summed E-state index contributed by atoms with van der Waals surface area (Å²) in [5.74, 6) is 0.309. The average molecular weight is 290 g/mol. The number of imidazole rings is 1. The van der Waals surface area contributed by atoms with Crippen LogP contribution in [-0.2, 0) is 11.8 Å².